The van der Waals surface area contributed by atoms with Gasteiger partial charge in [0.2, 0.25) is 5.91 Å². The number of anilines is 2. The lowest BCUT2D eigenvalue weighted by atomic mass is 10.2. The van der Waals surface area contributed by atoms with Crippen molar-refractivity contribution in [2.24, 2.45) is 5.73 Å². The molecule has 5 N–H and O–H groups in total. The predicted octanol–water partition coefficient (Wildman–Crippen LogP) is 0.340. The molecule has 0 fully saturated rings. The van der Waals surface area contributed by atoms with E-state index in [1.54, 1.807) is 18.3 Å². The van der Waals surface area contributed by atoms with Crippen LogP contribution in [-0.4, -0.2) is 16.9 Å². The highest BCUT2D eigenvalue weighted by atomic mass is 16.1. The van der Waals surface area contributed by atoms with Gasteiger partial charge in [-0.15, -0.1) is 0 Å². The molecule has 1 amide bonds. The number of nitrogens with two attached hydrogens (primary N) is 2. The Kier molecular flexibility index (Phi) is 3.28. The van der Waals surface area contributed by atoms with Crippen LogP contribution in [0, 0.1) is 0 Å². The molecule has 1 aromatic heterocycles. The second-order valence-electron chi connectivity index (χ2n) is 2.98. The van der Waals surface area contributed by atoms with Crippen LogP contribution in [0.2, 0.25) is 0 Å². The topological polar surface area (TPSA) is 94.0 Å². The molecule has 1 rings (SSSR count). The van der Waals surface area contributed by atoms with Crippen LogP contribution in [-0.2, 0) is 4.79 Å². The van der Waals surface area contributed by atoms with Gasteiger partial charge in [-0.25, -0.2) is 4.98 Å². The Hall–Kier alpha value is -1.78. The van der Waals surface area contributed by atoms with E-state index in [2.05, 4.69) is 10.3 Å². The van der Waals surface area contributed by atoms with E-state index in [9.17, 15) is 4.79 Å². The van der Waals surface area contributed by atoms with Crippen molar-refractivity contribution >= 4 is 17.4 Å². The molecule has 1 heterocycles. The molecule has 0 saturated heterocycles. The summed E-state index contributed by atoms with van der Waals surface area (Å²) in [5, 5.41) is 2.97. The van der Waals surface area contributed by atoms with Gasteiger partial charge in [-0.1, -0.05) is 6.92 Å². The number of amides is 1. The summed E-state index contributed by atoms with van der Waals surface area (Å²) in [7, 11) is 0. The number of nitrogen functional groups attached to an aromatic ring is 1. The monoisotopic (exact) mass is 194 g/mol. The highest BCUT2D eigenvalue weighted by Gasteiger charge is 2.11. The second-order valence-corrected chi connectivity index (χ2v) is 2.98. The van der Waals surface area contributed by atoms with E-state index >= 15 is 0 Å². The van der Waals surface area contributed by atoms with E-state index in [0.29, 0.717) is 12.2 Å². The van der Waals surface area contributed by atoms with Crippen LogP contribution >= 0.6 is 0 Å². The average Bonchev–Trinajstić information content (AvgIpc) is 2.14. The van der Waals surface area contributed by atoms with Crippen molar-refractivity contribution < 1.29 is 4.79 Å². The van der Waals surface area contributed by atoms with Gasteiger partial charge in [-0.3, -0.25) is 4.79 Å². The Bertz CT molecular complexity index is 326. The summed E-state index contributed by atoms with van der Waals surface area (Å²) < 4.78 is 0. The summed E-state index contributed by atoms with van der Waals surface area (Å²) in [5.41, 5.74) is 11.4. The zero-order valence-electron chi connectivity index (χ0n) is 8.03. The standard InChI is InChI=1S/C9H14N4O/c1-2-7(9(11)14)13-6-3-4-12-8(10)5-6/h3-5,7H,2H2,1H3,(H2,11,14)(H3,10,12,13). The highest BCUT2D eigenvalue weighted by Crippen LogP contribution is 2.11. The number of hydrogen-bond acceptors (Lipinski definition) is 4. The number of aromatic nitrogens is 1. The first-order chi connectivity index (χ1) is 6.63. The average molecular weight is 194 g/mol. The van der Waals surface area contributed by atoms with Crippen molar-refractivity contribution in [1.29, 1.82) is 0 Å². The SMILES string of the molecule is CCC(Nc1ccnc(N)c1)C(N)=O. The summed E-state index contributed by atoms with van der Waals surface area (Å²) in [4.78, 5) is 14.8. The molecular formula is C9H14N4O. The molecule has 0 bridgehead atoms. The Morgan fingerprint density at radius 1 is 1.71 bits per heavy atom. The molecule has 0 saturated carbocycles. The molecule has 14 heavy (non-hydrogen) atoms. The normalized spacial score (nSPS) is 12.1. The third kappa shape index (κ3) is 2.62. The zero-order valence-corrected chi connectivity index (χ0v) is 8.03. The van der Waals surface area contributed by atoms with Crippen LogP contribution in [0.3, 0.4) is 0 Å². The number of nitrogens with one attached hydrogen (secondary N) is 1. The molecule has 5 heteroatoms. The Labute approximate surface area is 82.5 Å². The van der Waals surface area contributed by atoms with E-state index in [1.165, 1.54) is 0 Å². The molecule has 0 radical (unpaired) electrons. The zero-order chi connectivity index (χ0) is 10.6. The minimum atomic E-state index is -0.372. The van der Waals surface area contributed by atoms with Gasteiger partial charge >= 0.3 is 0 Å². The van der Waals surface area contributed by atoms with Gasteiger partial charge in [0.05, 0.1) is 0 Å². The van der Waals surface area contributed by atoms with Crippen molar-refractivity contribution in [2.75, 3.05) is 11.1 Å². The van der Waals surface area contributed by atoms with Crippen molar-refractivity contribution in [2.45, 2.75) is 19.4 Å². The third-order valence-electron chi connectivity index (χ3n) is 1.87. The summed E-state index contributed by atoms with van der Waals surface area (Å²) in [6.07, 6.45) is 2.21. The second kappa shape index (κ2) is 4.45. The van der Waals surface area contributed by atoms with Crippen LogP contribution in [0.4, 0.5) is 11.5 Å². The van der Waals surface area contributed by atoms with E-state index in [-0.39, 0.29) is 11.9 Å². The van der Waals surface area contributed by atoms with Crippen LogP contribution in [0.1, 0.15) is 13.3 Å². The molecule has 0 aliphatic carbocycles. The van der Waals surface area contributed by atoms with Gasteiger partial charge in [0.1, 0.15) is 11.9 Å². The van der Waals surface area contributed by atoms with E-state index in [4.69, 9.17) is 11.5 Å². The van der Waals surface area contributed by atoms with Gasteiger partial charge in [-0.05, 0) is 12.5 Å². The fourth-order valence-corrected chi connectivity index (χ4v) is 1.11. The maximum absolute atomic E-state index is 10.9. The molecule has 76 valence electrons. The Balaban J connectivity index is 2.72. The van der Waals surface area contributed by atoms with Crippen molar-refractivity contribution in [3.8, 4) is 0 Å². The number of pyridine rings is 1. The molecule has 1 atom stereocenters. The van der Waals surface area contributed by atoms with E-state index < -0.39 is 0 Å². The van der Waals surface area contributed by atoms with Crippen LogP contribution in [0.5, 0.6) is 0 Å². The summed E-state index contributed by atoms with van der Waals surface area (Å²) in [6, 6.07) is 3.03. The van der Waals surface area contributed by atoms with Crippen LogP contribution in [0.15, 0.2) is 18.3 Å². The first kappa shape index (κ1) is 10.3. The number of primary amides is 1. The molecule has 1 aromatic rings. The number of hydrogen-bond donors (Lipinski definition) is 3. The lowest BCUT2D eigenvalue weighted by Gasteiger charge is -2.14. The number of carbonyl (C=O) groups is 1. The number of nitrogens with zero attached hydrogens (tertiary/aromatic N) is 1. The summed E-state index contributed by atoms with van der Waals surface area (Å²) in [6.45, 7) is 1.88. The maximum Gasteiger partial charge on any atom is 0.239 e. The molecule has 1 unspecified atom stereocenters. The quantitative estimate of drug-likeness (QED) is 0.644. The van der Waals surface area contributed by atoms with E-state index in [0.717, 1.165) is 5.69 Å². The molecule has 0 aliphatic heterocycles. The number of rotatable bonds is 4. The van der Waals surface area contributed by atoms with Crippen molar-refractivity contribution in [3.63, 3.8) is 0 Å². The fourth-order valence-electron chi connectivity index (χ4n) is 1.11. The Morgan fingerprint density at radius 3 is 2.93 bits per heavy atom. The third-order valence-corrected chi connectivity index (χ3v) is 1.87. The van der Waals surface area contributed by atoms with Crippen molar-refractivity contribution in [1.82, 2.24) is 4.98 Å². The van der Waals surface area contributed by atoms with Crippen LogP contribution in [0.25, 0.3) is 0 Å². The van der Waals surface area contributed by atoms with Crippen LogP contribution < -0.4 is 16.8 Å². The molecule has 0 aromatic carbocycles. The first-order valence-corrected chi connectivity index (χ1v) is 4.41. The first-order valence-electron chi connectivity index (χ1n) is 4.41. The Morgan fingerprint density at radius 2 is 2.43 bits per heavy atom. The van der Waals surface area contributed by atoms with E-state index in [1.807, 2.05) is 6.92 Å². The van der Waals surface area contributed by atoms with Gasteiger partial charge in [0.25, 0.3) is 0 Å². The smallest absolute Gasteiger partial charge is 0.239 e. The van der Waals surface area contributed by atoms with Crippen molar-refractivity contribution in [3.05, 3.63) is 18.3 Å². The van der Waals surface area contributed by atoms with Gasteiger partial charge < -0.3 is 16.8 Å². The lowest BCUT2D eigenvalue weighted by Crippen LogP contribution is -2.34. The summed E-state index contributed by atoms with van der Waals surface area (Å²) >= 11 is 0. The highest BCUT2D eigenvalue weighted by molar-refractivity contribution is 5.82. The molecule has 0 spiro atoms. The largest absolute Gasteiger partial charge is 0.384 e. The minimum absolute atomic E-state index is 0.364. The van der Waals surface area contributed by atoms with Gasteiger partial charge in [0, 0.05) is 18.0 Å². The van der Waals surface area contributed by atoms with Gasteiger partial charge in [0.15, 0.2) is 0 Å². The lowest BCUT2D eigenvalue weighted by molar-refractivity contribution is -0.118. The number of carbonyl (C=O) groups excluding carboxylic acids is 1. The predicted molar refractivity (Wildman–Crippen MR) is 55.5 cm³/mol. The molecule has 0 aliphatic rings. The summed E-state index contributed by atoms with van der Waals surface area (Å²) in [5.74, 6) is 0.0391. The maximum atomic E-state index is 10.9. The minimum Gasteiger partial charge on any atom is -0.384 e. The van der Waals surface area contributed by atoms with Gasteiger partial charge in [-0.2, -0.15) is 0 Å². The molecular weight excluding hydrogens is 180 g/mol. The fraction of sp³-hybridized carbons (Fsp3) is 0.333. The molecule has 5 nitrogen and oxygen atoms in total.